The highest BCUT2D eigenvalue weighted by Crippen LogP contribution is 2.30. The average molecular weight is 604 g/mol. The Bertz CT molecular complexity index is 1610. The Morgan fingerprint density at radius 3 is 2.57 bits per heavy atom. The molecule has 0 saturated heterocycles. The van der Waals surface area contributed by atoms with Gasteiger partial charge in [-0.25, -0.2) is 4.98 Å². The number of nitro benzene ring substituents is 1. The van der Waals surface area contributed by atoms with Gasteiger partial charge in [0.1, 0.15) is 12.4 Å². The van der Waals surface area contributed by atoms with Crippen LogP contribution >= 0.6 is 39.1 Å². The molecule has 0 spiro atoms. The summed E-state index contributed by atoms with van der Waals surface area (Å²) < 4.78 is 7.65. The van der Waals surface area contributed by atoms with Gasteiger partial charge in [-0.1, -0.05) is 66.0 Å². The number of hydrogen-bond donors (Lipinski definition) is 0. The van der Waals surface area contributed by atoms with E-state index in [1.165, 1.54) is 23.0 Å². The summed E-state index contributed by atoms with van der Waals surface area (Å²) >= 11 is 15.5. The molecule has 0 radical (unpaired) electrons. The van der Waals surface area contributed by atoms with Crippen molar-refractivity contribution in [2.75, 3.05) is 0 Å². The monoisotopic (exact) mass is 602 g/mol. The molecule has 3 aromatic carbocycles. The molecular formula is C26H21BrCl2N4O4. The summed E-state index contributed by atoms with van der Waals surface area (Å²) in [4.78, 5) is 29.2. The van der Waals surface area contributed by atoms with E-state index in [9.17, 15) is 14.9 Å². The molecule has 0 aliphatic carbocycles. The van der Waals surface area contributed by atoms with Gasteiger partial charge >= 0.3 is 5.69 Å². The van der Waals surface area contributed by atoms with Crippen molar-refractivity contribution in [2.24, 2.45) is 5.10 Å². The summed E-state index contributed by atoms with van der Waals surface area (Å²) in [6.45, 7) is 5.80. The van der Waals surface area contributed by atoms with E-state index in [1.54, 1.807) is 36.4 Å². The molecule has 4 aromatic rings. The lowest BCUT2D eigenvalue weighted by Crippen LogP contribution is -2.29. The zero-order chi connectivity index (χ0) is 26.9. The van der Waals surface area contributed by atoms with E-state index < -0.39 is 10.3 Å². The van der Waals surface area contributed by atoms with Gasteiger partial charge in [-0.3, -0.25) is 14.9 Å². The lowest BCUT2D eigenvalue weighted by atomic mass is 9.95. The van der Waals surface area contributed by atoms with Crippen LogP contribution in [0.25, 0.3) is 10.9 Å². The van der Waals surface area contributed by atoms with Crippen molar-refractivity contribution in [3.8, 4) is 5.75 Å². The zero-order valence-corrected chi connectivity index (χ0v) is 23.1. The van der Waals surface area contributed by atoms with Gasteiger partial charge in [0.05, 0.1) is 22.0 Å². The fraction of sp³-hybridized carbons (Fsp3) is 0.192. The van der Waals surface area contributed by atoms with Gasteiger partial charge < -0.3 is 4.74 Å². The first-order valence-corrected chi connectivity index (χ1v) is 12.6. The van der Waals surface area contributed by atoms with Crippen molar-refractivity contribution in [3.05, 3.63) is 107 Å². The van der Waals surface area contributed by atoms with E-state index in [4.69, 9.17) is 27.9 Å². The molecule has 37 heavy (non-hydrogen) atoms. The van der Waals surface area contributed by atoms with Gasteiger partial charge in [-0.2, -0.15) is 9.78 Å². The van der Waals surface area contributed by atoms with Crippen LogP contribution in [-0.2, 0) is 12.0 Å². The molecule has 0 unspecified atom stereocenters. The molecule has 0 fully saturated rings. The molecular weight excluding hydrogens is 583 g/mol. The first-order valence-electron chi connectivity index (χ1n) is 11.1. The normalized spacial score (nSPS) is 11.8. The molecule has 11 heteroatoms. The Kier molecular flexibility index (Phi) is 7.68. The highest BCUT2D eigenvalue weighted by atomic mass is 79.9. The van der Waals surface area contributed by atoms with Crippen molar-refractivity contribution >= 4 is 61.9 Å². The van der Waals surface area contributed by atoms with Crippen LogP contribution in [-0.4, -0.2) is 20.8 Å². The molecule has 0 saturated carbocycles. The van der Waals surface area contributed by atoms with E-state index in [0.29, 0.717) is 37.9 Å². The van der Waals surface area contributed by atoms with Crippen LogP contribution in [0.1, 0.15) is 37.7 Å². The van der Waals surface area contributed by atoms with Crippen molar-refractivity contribution < 1.29 is 9.66 Å². The topological polar surface area (TPSA) is 99.6 Å². The molecule has 0 bridgehead atoms. The molecule has 0 amide bonds. The summed E-state index contributed by atoms with van der Waals surface area (Å²) in [5.41, 5.74) is 0.507. The minimum absolute atomic E-state index is 0.0208. The lowest BCUT2D eigenvalue weighted by molar-refractivity contribution is -0.385. The van der Waals surface area contributed by atoms with Crippen LogP contribution in [0.15, 0.2) is 69.0 Å². The van der Waals surface area contributed by atoms with E-state index in [0.717, 1.165) is 4.47 Å². The summed E-state index contributed by atoms with van der Waals surface area (Å²) in [6.07, 6.45) is 1.38. The van der Waals surface area contributed by atoms with Gasteiger partial charge in [0.25, 0.3) is 5.56 Å². The maximum atomic E-state index is 13.3. The van der Waals surface area contributed by atoms with Gasteiger partial charge in [-0.15, -0.1) is 0 Å². The fourth-order valence-electron chi connectivity index (χ4n) is 3.54. The molecule has 0 aliphatic heterocycles. The fourth-order valence-corrected chi connectivity index (χ4v) is 4.36. The predicted molar refractivity (Wildman–Crippen MR) is 149 cm³/mol. The van der Waals surface area contributed by atoms with E-state index in [2.05, 4.69) is 26.0 Å². The van der Waals surface area contributed by atoms with Gasteiger partial charge in [0, 0.05) is 37.1 Å². The lowest BCUT2D eigenvalue weighted by Gasteiger charge is -2.20. The standard InChI is InChI=1S/C26H21BrCl2N4O4/c1-26(2,3)25-31-21-8-6-17(27)11-19(21)24(34)32(25)30-13-15-4-9-23(22(10-15)33(35)36)37-14-16-5-7-18(28)12-20(16)29/h4-13H,14H2,1-3H3. The van der Waals surface area contributed by atoms with Gasteiger partial charge in [0.2, 0.25) is 0 Å². The molecule has 8 nitrogen and oxygen atoms in total. The van der Waals surface area contributed by atoms with Crippen molar-refractivity contribution in [3.63, 3.8) is 0 Å². The van der Waals surface area contributed by atoms with E-state index in [-0.39, 0.29) is 23.6 Å². The van der Waals surface area contributed by atoms with E-state index in [1.807, 2.05) is 26.8 Å². The first-order chi connectivity index (χ1) is 17.4. The Morgan fingerprint density at radius 2 is 1.89 bits per heavy atom. The number of fused-ring (bicyclic) bond motifs is 1. The summed E-state index contributed by atoms with van der Waals surface area (Å²) in [5, 5.41) is 17.4. The first kappa shape index (κ1) is 26.8. The largest absolute Gasteiger partial charge is 0.482 e. The number of halogens is 3. The Hall–Kier alpha value is -3.27. The number of nitro groups is 1. The third kappa shape index (κ3) is 6.01. The summed E-state index contributed by atoms with van der Waals surface area (Å²) in [7, 11) is 0. The third-order valence-electron chi connectivity index (χ3n) is 5.38. The SMILES string of the molecule is CC(C)(C)c1nc2ccc(Br)cc2c(=O)n1N=Cc1ccc(OCc2ccc(Cl)cc2Cl)c([N+](=O)[O-])c1. The van der Waals surface area contributed by atoms with Crippen LogP contribution in [0.3, 0.4) is 0 Å². The number of nitrogens with zero attached hydrogens (tertiary/aromatic N) is 4. The molecule has 190 valence electrons. The average Bonchev–Trinajstić information content (AvgIpc) is 2.82. The molecule has 0 N–H and O–H groups in total. The van der Waals surface area contributed by atoms with Crippen LogP contribution in [0.2, 0.25) is 10.0 Å². The number of ether oxygens (including phenoxy) is 1. The predicted octanol–water partition coefficient (Wildman–Crippen LogP) is 7.13. The summed E-state index contributed by atoms with van der Waals surface area (Å²) in [6, 6.07) is 14.6. The number of hydrogen-bond acceptors (Lipinski definition) is 6. The maximum Gasteiger partial charge on any atom is 0.311 e. The number of benzene rings is 3. The van der Waals surface area contributed by atoms with Crippen LogP contribution in [0.4, 0.5) is 5.69 Å². The van der Waals surface area contributed by atoms with E-state index >= 15 is 0 Å². The maximum absolute atomic E-state index is 13.3. The van der Waals surface area contributed by atoms with Crippen molar-refractivity contribution in [1.82, 2.24) is 9.66 Å². The second-order valence-electron chi connectivity index (χ2n) is 9.22. The molecule has 0 atom stereocenters. The van der Waals surface area contributed by atoms with Crippen molar-refractivity contribution in [2.45, 2.75) is 32.8 Å². The molecule has 1 aromatic heterocycles. The van der Waals surface area contributed by atoms with Crippen LogP contribution in [0.5, 0.6) is 5.75 Å². The minimum Gasteiger partial charge on any atom is -0.482 e. The second kappa shape index (κ2) is 10.6. The smallest absolute Gasteiger partial charge is 0.311 e. The Morgan fingerprint density at radius 1 is 1.14 bits per heavy atom. The molecule has 0 aliphatic rings. The van der Waals surface area contributed by atoms with Crippen LogP contribution < -0.4 is 10.3 Å². The number of aromatic nitrogens is 2. The molecule has 4 rings (SSSR count). The zero-order valence-electron chi connectivity index (χ0n) is 20.0. The number of rotatable bonds is 6. The third-order valence-corrected chi connectivity index (χ3v) is 6.46. The minimum atomic E-state index is -0.544. The van der Waals surface area contributed by atoms with Gasteiger partial charge in [-0.05, 0) is 42.5 Å². The highest BCUT2D eigenvalue weighted by molar-refractivity contribution is 9.10. The van der Waals surface area contributed by atoms with Crippen molar-refractivity contribution in [1.29, 1.82) is 0 Å². The summed E-state index contributed by atoms with van der Waals surface area (Å²) in [5.74, 6) is 0.524. The van der Waals surface area contributed by atoms with Gasteiger partial charge in [0.15, 0.2) is 5.75 Å². The highest BCUT2D eigenvalue weighted by Gasteiger charge is 2.23. The molecule has 1 heterocycles. The van der Waals surface area contributed by atoms with Crippen LogP contribution in [0, 0.1) is 10.1 Å². The quantitative estimate of drug-likeness (QED) is 0.133. The second-order valence-corrected chi connectivity index (χ2v) is 11.0. The Labute approximate surface area is 230 Å². The Balaban J connectivity index is 1.70.